The first-order valence-electron chi connectivity index (χ1n) is 36.7. The molecule has 0 saturated heterocycles. The first-order valence-corrected chi connectivity index (χ1v) is 36.7. The maximum absolute atomic E-state index is 13.2. The van der Waals surface area contributed by atoms with Crippen LogP contribution in [0.15, 0.2) is 194 Å². The fourth-order valence-corrected chi connectivity index (χ4v) is 11.8. The fourth-order valence-electron chi connectivity index (χ4n) is 11.8. The Bertz CT molecular complexity index is 3840. The number of esters is 7. The van der Waals surface area contributed by atoms with Crippen molar-refractivity contribution in [3.8, 4) is 40.2 Å². The molecule has 0 radical (unpaired) electrons. The number of benzene rings is 8. The number of carbonyl (C=O) groups excluding carboxylic acids is 7. The number of hydrogen-bond acceptors (Lipinski definition) is 14. The number of hydrogen-bond donors (Lipinski definition) is 0. The van der Waals surface area contributed by atoms with E-state index in [1.54, 1.807) is 30.3 Å². The Labute approximate surface area is 596 Å². The lowest BCUT2D eigenvalue weighted by molar-refractivity contribution is 0.0711. The third-order valence-corrected chi connectivity index (χ3v) is 17.7. The van der Waals surface area contributed by atoms with Crippen molar-refractivity contribution in [1.82, 2.24) is 0 Å². The molecule has 0 saturated carbocycles. The van der Waals surface area contributed by atoms with Crippen molar-refractivity contribution in [2.45, 2.75) is 206 Å². The SMILES string of the molecule is CCCCCCCCCCCCCCCCc1ccc(C(=O)Oc2ccc(C(=O)Oc3cccc(C(=O)Oc4ccc(OC(=O)c5ccc(OC(=O)c6cccc(OC(=O)c7ccc(OC(=O)c8ccc(CCCCCCCCCCCCCCCC)cc8)cc7)c6)cc5)cc4)c3)cc2)cc1. The molecule has 0 fully saturated rings. The molecule has 0 heterocycles. The second kappa shape index (κ2) is 43.6. The molecule has 101 heavy (non-hydrogen) atoms. The first kappa shape index (κ1) is 76.8. The minimum absolute atomic E-state index is 0.0897. The molecule has 0 N–H and O–H groups in total. The van der Waals surface area contributed by atoms with Crippen LogP contribution in [-0.4, -0.2) is 41.8 Å². The molecule has 8 aromatic rings. The van der Waals surface area contributed by atoms with Gasteiger partial charge in [0, 0.05) is 0 Å². The topological polar surface area (TPSA) is 184 Å². The zero-order valence-corrected chi connectivity index (χ0v) is 58.9. The molecule has 0 spiro atoms. The Kier molecular flexibility index (Phi) is 33.1. The van der Waals surface area contributed by atoms with E-state index in [0.717, 1.165) is 25.7 Å². The predicted molar refractivity (Wildman–Crippen MR) is 394 cm³/mol. The van der Waals surface area contributed by atoms with Crippen LogP contribution in [0.25, 0.3) is 0 Å². The van der Waals surface area contributed by atoms with Crippen LogP contribution >= 0.6 is 0 Å². The average Bonchev–Trinajstić information content (AvgIpc) is 0.869. The molecule has 0 aliphatic rings. The summed E-state index contributed by atoms with van der Waals surface area (Å²) in [6.07, 6.45) is 38.9. The second-order valence-corrected chi connectivity index (χ2v) is 25.9. The zero-order valence-electron chi connectivity index (χ0n) is 58.9. The monoisotopic (exact) mass is 1370 g/mol. The van der Waals surface area contributed by atoms with Crippen molar-refractivity contribution in [3.05, 3.63) is 244 Å². The van der Waals surface area contributed by atoms with Crippen molar-refractivity contribution in [2.24, 2.45) is 0 Å². The molecule has 0 aliphatic carbocycles. The van der Waals surface area contributed by atoms with Crippen LogP contribution in [0.3, 0.4) is 0 Å². The van der Waals surface area contributed by atoms with Crippen LogP contribution in [-0.2, 0) is 12.8 Å². The van der Waals surface area contributed by atoms with Gasteiger partial charge in [-0.15, -0.1) is 0 Å². The van der Waals surface area contributed by atoms with E-state index in [1.165, 1.54) is 318 Å². The molecule has 14 heteroatoms. The Morgan fingerprint density at radius 2 is 0.386 bits per heavy atom. The lowest BCUT2D eigenvalue weighted by atomic mass is 10.0. The minimum atomic E-state index is -0.747. The summed E-state index contributed by atoms with van der Waals surface area (Å²) in [4.78, 5) is 91.7. The van der Waals surface area contributed by atoms with Gasteiger partial charge < -0.3 is 33.2 Å². The van der Waals surface area contributed by atoms with Gasteiger partial charge in [-0.1, -0.05) is 217 Å². The van der Waals surface area contributed by atoms with Gasteiger partial charge in [-0.05, 0) is 195 Å². The maximum Gasteiger partial charge on any atom is 0.343 e. The van der Waals surface area contributed by atoms with Crippen molar-refractivity contribution in [1.29, 1.82) is 0 Å². The van der Waals surface area contributed by atoms with Crippen LogP contribution < -0.4 is 33.2 Å². The van der Waals surface area contributed by atoms with Gasteiger partial charge in [0.05, 0.1) is 38.9 Å². The second-order valence-electron chi connectivity index (χ2n) is 25.9. The molecule has 530 valence electrons. The summed E-state index contributed by atoms with van der Waals surface area (Å²) in [6, 6.07) is 50.3. The van der Waals surface area contributed by atoms with Gasteiger partial charge in [0.2, 0.25) is 0 Å². The number of ether oxygens (including phenoxy) is 7. The molecule has 0 aromatic heterocycles. The van der Waals surface area contributed by atoms with E-state index in [9.17, 15) is 33.6 Å². The Morgan fingerprint density at radius 1 is 0.198 bits per heavy atom. The van der Waals surface area contributed by atoms with Crippen molar-refractivity contribution in [2.75, 3.05) is 0 Å². The lowest BCUT2D eigenvalue weighted by Crippen LogP contribution is -2.12. The number of aryl methyl sites for hydroxylation is 2. The highest BCUT2D eigenvalue weighted by Crippen LogP contribution is 2.27. The molecule has 8 rings (SSSR count). The summed E-state index contributed by atoms with van der Waals surface area (Å²) in [5.74, 6) is -3.48. The standard InChI is InChI=1S/C87H98O14/c1-3-5-7-9-11-13-15-17-19-21-23-25-27-29-33-65-39-43-67(44-40-65)81(88)95-74-53-49-70(50-54-74)84(91)100-79-37-31-35-72(63-79)86(93)98-76-57-47-69(48-58-76)83(90)97-77-59-61-78(62-60-77)99-87(94)73-36-32-38-80(64-73)101-85(92)71-51-55-75(56-52-71)96-82(89)68-45-41-66(42-46-68)34-30-28-26-24-22-20-18-16-14-12-10-8-6-4-2/h31-32,35-64H,3-30,33-34H2,1-2H3. The highest BCUT2D eigenvalue weighted by atomic mass is 16.6. The van der Waals surface area contributed by atoms with Gasteiger partial charge in [0.25, 0.3) is 0 Å². The first-order chi connectivity index (χ1) is 49.4. The lowest BCUT2D eigenvalue weighted by Gasteiger charge is -2.09. The van der Waals surface area contributed by atoms with Crippen molar-refractivity contribution < 1.29 is 66.7 Å². The number of unbranched alkanes of at least 4 members (excludes halogenated alkanes) is 26. The van der Waals surface area contributed by atoms with Gasteiger partial charge in [0.1, 0.15) is 40.2 Å². The molecule has 0 amide bonds. The zero-order chi connectivity index (χ0) is 71.1. The summed E-state index contributed by atoms with van der Waals surface area (Å²) in [5.41, 5.74) is 3.94. The molecule has 0 aliphatic heterocycles. The Morgan fingerprint density at radius 3 is 0.624 bits per heavy atom. The van der Waals surface area contributed by atoms with E-state index in [4.69, 9.17) is 33.2 Å². The summed E-state index contributed by atoms with van der Waals surface area (Å²) in [5, 5.41) is 0. The largest absolute Gasteiger partial charge is 0.423 e. The van der Waals surface area contributed by atoms with Gasteiger partial charge in [-0.25, -0.2) is 33.6 Å². The molecule has 14 nitrogen and oxygen atoms in total. The van der Waals surface area contributed by atoms with Crippen LogP contribution in [0, 0.1) is 0 Å². The third-order valence-electron chi connectivity index (χ3n) is 17.7. The number of carbonyl (C=O) groups is 7. The normalized spacial score (nSPS) is 11.0. The van der Waals surface area contributed by atoms with Crippen LogP contribution in [0.4, 0.5) is 0 Å². The van der Waals surface area contributed by atoms with Crippen molar-refractivity contribution >= 4 is 41.8 Å². The van der Waals surface area contributed by atoms with E-state index < -0.39 is 41.8 Å². The van der Waals surface area contributed by atoms with E-state index in [-0.39, 0.29) is 68.1 Å². The Hall–Kier alpha value is -9.95. The third kappa shape index (κ3) is 27.9. The van der Waals surface area contributed by atoms with Gasteiger partial charge in [-0.3, -0.25) is 0 Å². The van der Waals surface area contributed by atoms with Crippen LogP contribution in [0.5, 0.6) is 40.2 Å². The van der Waals surface area contributed by atoms with Gasteiger partial charge in [0.15, 0.2) is 0 Å². The van der Waals surface area contributed by atoms with Crippen molar-refractivity contribution in [3.63, 3.8) is 0 Å². The highest BCUT2D eigenvalue weighted by Gasteiger charge is 2.19. The van der Waals surface area contributed by atoms with E-state index in [0.29, 0.717) is 11.1 Å². The maximum atomic E-state index is 13.2. The van der Waals surface area contributed by atoms with E-state index in [2.05, 4.69) is 13.8 Å². The molecule has 0 atom stereocenters. The predicted octanol–water partition coefficient (Wildman–Crippen LogP) is 22.3. The Balaban J connectivity index is 0.687. The molecule has 0 unspecified atom stereocenters. The van der Waals surface area contributed by atoms with Gasteiger partial charge in [-0.2, -0.15) is 0 Å². The summed E-state index contributed by atoms with van der Waals surface area (Å²) >= 11 is 0. The van der Waals surface area contributed by atoms with E-state index in [1.807, 2.05) is 24.3 Å². The average molecular weight is 1370 g/mol. The fraction of sp³-hybridized carbons (Fsp3) is 0.368. The highest BCUT2D eigenvalue weighted by molar-refractivity contribution is 5.96. The quantitative estimate of drug-likeness (QED) is 0.0200. The van der Waals surface area contributed by atoms with Crippen LogP contribution in [0.1, 0.15) is 277 Å². The van der Waals surface area contributed by atoms with Gasteiger partial charge >= 0.3 is 41.8 Å². The molecule has 8 aromatic carbocycles. The summed E-state index contributed by atoms with van der Waals surface area (Å²) in [6.45, 7) is 4.52. The molecular weight excluding hydrogens is 1270 g/mol. The smallest absolute Gasteiger partial charge is 0.343 e. The van der Waals surface area contributed by atoms with Crippen LogP contribution in [0.2, 0.25) is 0 Å². The summed E-state index contributed by atoms with van der Waals surface area (Å²) in [7, 11) is 0. The number of rotatable bonds is 44. The minimum Gasteiger partial charge on any atom is -0.423 e. The summed E-state index contributed by atoms with van der Waals surface area (Å²) < 4.78 is 38.9. The molecular formula is C87H98O14. The molecule has 0 bridgehead atoms. The van der Waals surface area contributed by atoms with E-state index >= 15 is 0 Å².